The number of benzene rings is 1. The smallest absolute Gasteiger partial charge is 0.121 e. The molecule has 0 fully saturated rings. The number of rotatable bonds is 6. The lowest BCUT2D eigenvalue weighted by Gasteiger charge is -2.25. The maximum Gasteiger partial charge on any atom is 0.121 e. The van der Waals surface area contributed by atoms with Crippen molar-refractivity contribution in [1.82, 2.24) is 4.98 Å². The first kappa shape index (κ1) is 14.6. The van der Waals surface area contributed by atoms with Crippen LogP contribution in [-0.2, 0) is 0 Å². The van der Waals surface area contributed by atoms with Gasteiger partial charge in [0.15, 0.2) is 0 Å². The Morgan fingerprint density at radius 2 is 2.00 bits per heavy atom. The maximum absolute atomic E-state index is 5.30. The van der Waals surface area contributed by atoms with Crippen LogP contribution in [0.15, 0.2) is 24.3 Å². The average Bonchev–Trinajstić information content (AvgIpc) is 2.47. The minimum Gasteiger partial charge on any atom is -0.497 e. The fraction of sp³-hybridized carbons (Fsp3) is 0.471. The summed E-state index contributed by atoms with van der Waals surface area (Å²) in [6.45, 7) is 8.60. The summed E-state index contributed by atoms with van der Waals surface area (Å²) in [5, 5.41) is 1.20. The van der Waals surface area contributed by atoms with Gasteiger partial charge in [0.1, 0.15) is 5.75 Å². The molecule has 108 valence electrons. The minimum absolute atomic E-state index is 0.859. The van der Waals surface area contributed by atoms with Crippen LogP contribution >= 0.6 is 0 Å². The molecule has 2 aromatic rings. The monoisotopic (exact) mass is 272 g/mol. The van der Waals surface area contributed by atoms with E-state index in [0.717, 1.165) is 30.0 Å². The Hall–Kier alpha value is -1.77. The van der Waals surface area contributed by atoms with Gasteiger partial charge in [-0.25, -0.2) is 0 Å². The Morgan fingerprint density at radius 3 is 2.65 bits per heavy atom. The number of anilines is 1. The molecule has 20 heavy (non-hydrogen) atoms. The van der Waals surface area contributed by atoms with E-state index in [2.05, 4.69) is 42.8 Å². The number of hydrogen-bond acceptors (Lipinski definition) is 3. The van der Waals surface area contributed by atoms with Gasteiger partial charge < -0.3 is 9.64 Å². The molecule has 0 aliphatic rings. The second-order valence-corrected chi connectivity index (χ2v) is 5.10. The number of aryl methyl sites for hydroxylation is 1. The Labute approximate surface area is 121 Å². The average molecular weight is 272 g/mol. The number of methoxy groups -OCH3 is 1. The standard InChI is InChI=1S/C17H24N2O/c1-5-7-10-19(6-2)17-11-13(3)18-16-12-14(20-4)8-9-15(16)17/h8-9,11-12H,5-7,10H2,1-4H3. The Bertz CT molecular complexity index is 580. The van der Waals surface area contributed by atoms with Crippen LogP contribution in [0.5, 0.6) is 5.75 Å². The van der Waals surface area contributed by atoms with Gasteiger partial charge in [-0.3, -0.25) is 4.98 Å². The first-order valence-electron chi connectivity index (χ1n) is 7.40. The Balaban J connectivity index is 2.50. The van der Waals surface area contributed by atoms with Crippen molar-refractivity contribution in [2.45, 2.75) is 33.6 Å². The summed E-state index contributed by atoms with van der Waals surface area (Å²) >= 11 is 0. The molecular weight excluding hydrogens is 248 g/mol. The molecule has 0 saturated carbocycles. The molecule has 1 aromatic carbocycles. The largest absolute Gasteiger partial charge is 0.497 e. The summed E-state index contributed by atoms with van der Waals surface area (Å²) in [6, 6.07) is 8.33. The normalized spacial score (nSPS) is 10.8. The van der Waals surface area contributed by atoms with Gasteiger partial charge in [0.05, 0.1) is 12.6 Å². The predicted molar refractivity (Wildman–Crippen MR) is 85.8 cm³/mol. The van der Waals surface area contributed by atoms with Crippen LogP contribution in [-0.4, -0.2) is 25.2 Å². The van der Waals surface area contributed by atoms with Gasteiger partial charge in [-0.2, -0.15) is 0 Å². The molecule has 0 N–H and O–H groups in total. The highest BCUT2D eigenvalue weighted by Gasteiger charge is 2.11. The number of hydrogen-bond donors (Lipinski definition) is 0. The second kappa shape index (κ2) is 6.60. The van der Waals surface area contributed by atoms with E-state index in [1.807, 2.05) is 12.1 Å². The van der Waals surface area contributed by atoms with E-state index in [1.54, 1.807) is 7.11 Å². The molecule has 0 aliphatic carbocycles. The zero-order valence-corrected chi connectivity index (χ0v) is 12.9. The quantitative estimate of drug-likeness (QED) is 0.789. The van der Waals surface area contributed by atoms with Crippen LogP contribution in [0.4, 0.5) is 5.69 Å². The summed E-state index contributed by atoms with van der Waals surface area (Å²) in [5.74, 6) is 0.859. The van der Waals surface area contributed by atoms with E-state index in [9.17, 15) is 0 Å². The molecule has 0 unspecified atom stereocenters. The molecule has 0 spiro atoms. The van der Waals surface area contributed by atoms with Crippen molar-refractivity contribution >= 4 is 16.6 Å². The summed E-state index contributed by atoms with van der Waals surface area (Å²) in [7, 11) is 1.69. The second-order valence-electron chi connectivity index (χ2n) is 5.10. The molecule has 0 bridgehead atoms. The highest BCUT2D eigenvalue weighted by atomic mass is 16.5. The molecule has 0 saturated heterocycles. The number of ether oxygens (including phenoxy) is 1. The van der Waals surface area contributed by atoms with Gasteiger partial charge in [0.2, 0.25) is 0 Å². The topological polar surface area (TPSA) is 25.4 Å². The number of nitrogens with zero attached hydrogens (tertiary/aromatic N) is 2. The fourth-order valence-corrected chi connectivity index (χ4v) is 2.50. The summed E-state index contributed by atoms with van der Waals surface area (Å²) in [5.41, 5.74) is 3.34. The molecule has 2 rings (SSSR count). The molecule has 3 nitrogen and oxygen atoms in total. The Morgan fingerprint density at radius 1 is 1.20 bits per heavy atom. The third-order valence-corrected chi connectivity index (χ3v) is 3.63. The molecule has 0 aliphatic heterocycles. The summed E-state index contributed by atoms with van der Waals surface area (Å²) < 4.78 is 5.30. The van der Waals surface area contributed by atoms with Crippen LogP contribution in [0.2, 0.25) is 0 Å². The van der Waals surface area contributed by atoms with Crippen molar-refractivity contribution in [3.63, 3.8) is 0 Å². The van der Waals surface area contributed by atoms with Gasteiger partial charge in [0.25, 0.3) is 0 Å². The van der Waals surface area contributed by atoms with Crippen LogP contribution < -0.4 is 9.64 Å². The summed E-state index contributed by atoms with van der Waals surface area (Å²) in [4.78, 5) is 7.07. The minimum atomic E-state index is 0.859. The van der Waals surface area contributed by atoms with Crippen molar-refractivity contribution in [2.24, 2.45) is 0 Å². The lowest BCUT2D eigenvalue weighted by molar-refractivity contribution is 0.415. The summed E-state index contributed by atoms with van der Waals surface area (Å²) in [6.07, 6.45) is 2.43. The maximum atomic E-state index is 5.30. The molecule has 0 radical (unpaired) electrons. The van der Waals surface area contributed by atoms with Crippen molar-refractivity contribution in [1.29, 1.82) is 0 Å². The van der Waals surface area contributed by atoms with Crippen LogP contribution in [0, 0.1) is 6.92 Å². The third-order valence-electron chi connectivity index (χ3n) is 3.63. The molecule has 3 heteroatoms. The van der Waals surface area contributed by atoms with E-state index < -0.39 is 0 Å². The third kappa shape index (κ3) is 3.03. The van der Waals surface area contributed by atoms with Crippen molar-refractivity contribution < 1.29 is 4.74 Å². The van der Waals surface area contributed by atoms with Gasteiger partial charge >= 0.3 is 0 Å². The van der Waals surface area contributed by atoms with E-state index in [1.165, 1.54) is 23.9 Å². The molecule has 0 atom stereocenters. The van der Waals surface area contributed by atoms with Crippen molar-refractivity contribution in [3.8, 4) is 5.75 Å². The van der Waals surface area contributed by atoms with Gasteiger partial charge in [-0.1, -0.05) is 13.3 Å². The van der Waals surface area contributed by atoms with Crippen LogP contribution in [0.3, 0.4) is 0 Å². The number of fused-ring (bicyclic) bond motifs is 1. The SMILES string of the molecule is CCCCN(CC)c1cc(C)nc2cc(OC)ccc12. The van der Waals surface area contributed by atoms with Gasteiger partial charge in [-0.15, -0.1) is 0 Å². The lowest BCUT2D eigenvalue weighted by Crippen LogP contribution is -2.24. The van der Waals surface area contributed by atoms with Gasteiger partial charge in [0, 0.05) is 35.9 Å². The van der Waals surface area contributed by atoms with E-state index >= 15 is 0 Å². The van der Waals surface area contributed by atoms with Crippen LogP contribution in [0.1, 0.15) is 32.4 Å². The van der Waals surface area contributed by atoms with E-state index in [-0.39, 0.29) is 0 Å². The first-order chi connectivity index (χ1) is 9.69. The molecule has 1 heterocycles. The zero-order valence-electron chi connectivity index (χ0n) is 12.9. The van der Waals surface area contributed by atoms with E-state index in [4.69, 9.17) is 4.74 Å². The molecule has 0 amide bonds. The molecular formula is C17H24N2O. The number of aromatic nitrogens is 1. The van der Waals surface area contributed by atoms with Gasteiger partial charge in [-0.05, 0) is 38.5 Å². The van der Waals surface area contributed by atoms with Crippen molar-refractivity contribution in [3.05, 3.63) is 30.0 Å². The van der Waals surface area contributed by atoms with Crippen molar-refractivity contribution in [2.75, 3.05) is 25.1 Å². The number of unbranched alkanes of at least 4 members (excludes halogenated alkanes) is 1. The lowest BCUT2D eigenvalue weighted by atomic mass is 10.1. The van der Waals surface area contributed by atoms with E-state index in [0.29, 0.717) is 0 Å². The first-order valence-corrected chi connectivity index (χ1v) is 7.40. The highest BCUT2D eigenvalue weighted by molar-refractivity contribution is 5.92. The van der Waals surface area contributed by atoms with Crippen LogP contribution in [0.25, 0.3) is 10.9 Å². The Kier molecular flexibility index (Phi) is 4.83. The number of pyridine rings is 1. The zero-order chi connectivity index (χ0) is 14.5. The molecule has 1 aromatic heterocycles. The predicted octanol–water partition coefficient (Wildman–Crippen LogP) is 4.18. The highest BCUT2D eigenvalue weighted by Crippen LogP contribution is 2.29. The fourth-order valence-electron chi connectivity index (χ4n) is 2.50.